The van der Waals surface area contributed by atoms with Crippen LogP contribution in [0.2, 0.25) is 0 Å². The molecule has 4 N–H and O–H groups in total. The molecule has 10 aromatic rings. The summed E-state index contributed by atoms with van der Waals surface area (Å²) in [5.74, 6) is 0.293. The van der Waals surface area contributed by atoms with Crippen LogP contribution in [0.1, 0.15) is 33.6 Å². The maximum absolute atomic E-state index is 13.3. The zero-order chi connectivity index (χ0) is 61.9. The fraction of sp³-hybridized carbons (Fsp3) is 0.200. The molecule has 30 heteroatoms. The van der Waals surface area contributed by atoms with E-state index in [1.165, 1.54) is 27.7 Å². The predicted molar refractivity (Wildman–Crippen MR) is 314 cm³/mol. The summed E-state index contributed by atoms with van der Waals surface area (Å²) in [6.45, 7) is 3.83. The van der Waals surface area contributed by atoms with E-state index in [1.807, 2.05) is 107 Å². The van der Waals surface area contributed by atoms with Crippen LogP contribution in [0.25, 0.3) is 34.3 Å². The van der Waals surface area contributed by atoms with Crippen molar-refractivity contribution in [2.24, 2.45) is 9.98 Å². The van der Waals surface area contributed by atoms with Gasteiger partial charge in [-0.2, -0.15) is 31.4 Å². The van der Waals surface area contributed by atoms with E-state index in [0.717, 1.165) is 46.8 Å². The Labute approximate surface area is 505 Å². The number of carbonyl (C=O) groups is 2. The summed E-state index contributed by atoms with van der Waals surface area (Å²) in [6, 6.07) is 38.0. The Morgan fingerprint density at radius 3 is 1.46 bits per heavy atom. The minimum atomic E-state index is -4.57. The van der Waals surface area contributed by atoms with Crippen LogP contribution in [0, 0.1) is 0 Å². The molecule has 2 atom stereocenters. The molecule has 2 saturated heterocycles. The molecule has 0 spiro atoms. The van der Waals surface area contributed by atoms with Crippen molar-refractivity contribution in [3.8, 4) is 34.3 Å². The molecule has 4 aliphatic heterocycles. The van der Waals surface area contributed by atoms with Crippen LogP contribution >= 0.6 is 0 Å². The SMILES string of the molecule is O=C1Nc2ccccc2C(c2ccccc2)=N[C@@H]1Nc1nnc(-c2cn(-c3ccc(C(F)(F)F)nc3)nc2N2CCOCC2)o1.O=C1Nc2ccccc2C(c2ccccc2)=N[C@@H]1Nc1nnc(-c2cnn(-c3ccc(C(F)(F)F)nc3)c2N2CCOCC2)o1. The molecule has 10 heterocycles. The minimum absolute atomic E-state index is 0.0656. The van der Waals surface area contributed by atoms with Gasteiger partial charge in [0.2, 0.25) is 12.3 Å². The lowest BCUT2D eigenvalue weighted by Gasteiger charge is -2.29. The van der Waals surface area contributed by atoms with Crippen molar-refractivity contribution in [2.75, 3.05) is 83.7 Å². The van der Waals surface area contributed by atoms with E-state index in [4.69, 9.17) is 28.3 Å². The van der Waals surface area contributed by atoms with Crippen LogP contribution in [0.15, 0.2) is 177 Å². The van der Waals surface area contributed by atoms with Gasteiger partial charge in [0.1, 0.15) is 28.3 Å². The van der Waals surface area contributed by atoms with Gasteiger partial charge in [0.15, 0.2) is 5.82 Å². The van der Waals surface area contributed by atoms with E-state index >= 15 is 0 Å². The summed E-state index contributed by atoms with van der Waals surface area (Å²) in [4.78, 5) is 47.1. The van der Waals surface area contributed by atoms with Crippen molar-refractivity contribution in [3.63, 3.8) is 0 Å². The molecule has 2 fully saturated rings. The Morgan fingerprint density at radius 1 is 0.500 bits per heavy atom. The number of benzene rings is 4. The highest BCUT2D eigenvalue weighted by Gasteiger charge is 2.35. The number of hydrogen-bond acceptors (Lipinski definition) is 20. The number of benzodiazepines with no additional fused rings is 2. The maximum Gasteiger partial charge on any atom is 0.433 e. The lowest BCUT2D eigenvalue weighted by atomic mass is 10.0. The molecule has 0 unspecified atom stereocenters. The Kier molecular flexibility index (Phi) is 15.8. The van der Waals surface area contributed by atoms with Crippen molar-refractivity contribution in [3.05, 3.63) is 192 Å². The number of rotatable bonds is 12. The number of alkyl halides is 6. The largest absolute Gasteiger partial charge is 0.433 e. The molecule has 0 radical (unpaired) electrons. The summed E-state index contributed by atoms with van der Waals surface area (Å²) < 4.78 is 104. The van der Waals surface area contributed by atoms with E-state index in [0.29, 0.717) is 110 Å². The fourth-order valence-electron chi connectivity index (χ4n) is 10.2. The molecular formula is C60H48F6N18O6. The van der Waals surface area contributed by atoms with Gasteiger partial charge >= 0.3 is 24.4 Å². The third-order valence-corrected chi connectivity index (χ3v) is 14.5. The summed E-state index contributed by atoms with van der Waals surface area (Å²) in [7, 11) is 0. The predicted octanol–water partition coefficient (Wildman–Crippen LogP) is 8.80. The monoisotopic (exact) mass is 1230 g/mol. The van der Waals surface area contributed by atoms with Gasteiger partial charge < -0.3 is 49.4 Å². The topological polar surface area (TPSA) is 271 Å². The molecule has 2 amide bonds. The van der Waals surface area contributed by atoms with Crippen LogP contribution < -0.4 is 31.1 Å². The number of hydrogen-bond donors (Lipinski definition) is 4. The van der Waals surface area contributed by atoms with Crippen LogP contribution in [0.4, 0.5) is 61.4 Å². The lowest BCUT2D eigenvalue weighted by molar-refractivity contribution is -0.141. The highest BCUT2D eigenvalue weighted by molar-refractivity contribution is 6.21. The zero-order valence-electron chi connectivity index (χ0n) is 46.8. The number of anilines is 6. The molecule has 24 nitrogen and oxygen atoms in total. The first-order valence-corrected chi connectivity index (χ1v) is 27.9. The Balaban J connectivity index is 0.000000165. The van der Waals surface area contributed by atoms with Gasteiger partial charge in [0.25, 0.3) is 23.6 Å². The van der Waals surface area contributed by atoms with Gasteiger partial charge in [-0.3, -0.25) is 9.59 Å². The summed E-state index contributed by atoms with van der Waals surface area (Å²) in [6.07, 6.45) is -6.10. The number of nitrogens with one attached hydrogen (secondary N) is 4. The second-order valence-electron chi connectivity index (χ2n) is 20.3. The average molecular weight is 1230 g/mol. The standard InChI is InChI=1S/2C30H24F3N9O3/c31-30(32,33)23-11-10-19(16-34-23)42-28(41-12-14-44-15-13-41)21(17-35-42)27-39-40-29(45-27)38-25-26(43)36-22-9-5-4-8-20(22)24(37-25)18-6-2-1-3-7-18;31-30(32,33)23-11-10-19(16-34-23)42-17-21(26(40-42)41-12-14-44-15-13-41)28-38-39-29(45-28)37-25-27(43)35-22-9-5-4-8-20(22)24(36-25)18-6-2-1-3-7-18/h1-11,16-17,25H,12-15H2,(H,36,43)(H,38,40);1-11,16-17,25H,12-15H2,(H,35,43)(H,37,39)/t2*25-/m11/s1. The van der Waals surface area contributed by atoms with E-state index in [-0.39, 0.29) is 23.8 Å². The number of para-hydroxylation sites is 2. The number of ether oxygens (including phenoxy) is 2. The van der Waals surface area contributed by atoms with Crippen molar-refractivity contribution < 1.29 is 54.2 Å². The summed E-state index contributed by atoms with van der Waals surface area (Å²) >= 11 is 0. The Morgan fingerprint density at radius 2 is 0.967 bits per heavy atom. The minimum Gasteiger partial charge on any atom is -0.403 e. The maximum atomic E-state index is 13.3. The van der Waals surface area contributed by atoms with Crippen molar-refractivity contribution in [1.29, 1.82) is 0 Å². The van der Waals surface area contributed by atoms with Gasteiger partial charge in [-0.1, -0.05) is 107 Å². The highest BCUT2D eigenvalue weighted by atomic mass is 19.4. The van der Waals surface area contributed by atoms with Crippen molar-refractivity contribution in [2.45, 2.75) is 24.7 Å². The molecule has 456 valence electrons. The molecular weight excluding hydrogens is 1180 g/mol. The van der Waals surface area contributed by atoms with Gasteiger partial charge in [-0.25, -0.2) is 29.3 Å². The first kappa shape index (κ1) is 57.9. The Hall–Kier alpha value is -11.1. The second-order valence-corrected chi connectivity index (χ2v) is 20.3. The van der Waals surface area contributed by atoms with Crippen molar-refractivity contribution in [1.82, 2.24) is 49.9 Å². The number of carbonyl (C=O) groups excluding carboxylic acids is 2. The number of halogens is 6. The van der Waals surface area contributed by atoms with Crippen LogP contribution in [0.3, 0.4) is 0 Å². The first-order valence-electron chi connectivity index (χ1n) is 27.9. The quantitative estimate of drug-likeness (QED) is 0.0832. The molecule has 0 aliphatic carbocycles. The van der Waals surface area contributed by atoms with Gasteiger partial charge in [0.05, 0.1) is 79.2 Å². The van der Waals surface area contributed by atoms with Crippen LogP contribution in [0.5, 0.6) is 0 Å². The third kappa shape index (κ3) is 12.3. The average Bonchev–Trinajstić information content (AvgIpc) is 1.78. The third-order valence-electron chi connectivity index (χ3n) is 14.5. The van der Waals surface area contributed by atoms with Gasteiger partial charge in [-0.05, 0) is 36.4 Å². The molecule has 0 saturated carbocycles. The van der Waals surface area contributed by atoms with Crippen molar-refractivity contribution >= 4 is 58.3 Å². The number of aromatic nitrogens is 10. The summed E-state index contributed by atoms with van der Waals surface area (Å²) in [5, 5.41) is 37.3. The smallest absolute Gasteiger partial charge is 0.403 e. The number of morpholine rings is 2. The molecule has 14 rings (SSSR count). The number of aliphatic imine (C=N–C) groups is 2. The fourth-order valence-corrected chi connectivity index (χ4v) is 10.2. The molecule has 4 aromatic carbocycles. The van der Waals surface area contributed by atoms with E-state index in [1.54, 1.807) is 18.3 Å². The van der Waals surface area contributed by atoms with Crippen LogP contribution in [-0.4, -0.2) is 138 Å². The molecule has 90 heavy (non-hydrogen) atoms. The Bertz CT molecular complexity index is 4120. The number of amides is 2. The number of fused-ring (bicyclic) bond motifs is 2. The van der Waals surface area contributed by atoms with E-state index < -0.39 is 47.9 Å². The van der Waals surface area contributed by atoms with Gasteiger partial charge in [-0.15, -0.1) is 15.3 Å². The molecule has 6 aromatic heterocycles. The highest BCUT2D eigenvalue weighted by Crippen LogP contribution is 2.37. The second kappa shape index (κ2) is 24.6. The van der Waals surface area contributed by atoms with E-state index in [9.17, 15) is 35.9 Å². The van der Waals surface area contributed by atoms with E-state index in [2.05, 4.69) is 61.8 Å². The molecule has 4 aliphatic rings. The number of pyridine rings is 2. The lowest BCUT2D eigenvalue weighted by Crippen LogP contribution is -2.37. The first-order chi connectivity index (χ1) is 43.7. The van der Waals surface area contributed by atoms with Crippen LogP contribution in [-0.2, 0) is 31.4 Å². The summed E-state index contributed by atoms with van der Waals surface area (Å²) in [5.41, 5.74) is 5.04. The zero-order valence-corrected chi connectivity index (χ0v) is 46.8. The normalized spacial score (nSPS) is 16.9. The molecule has 0 bridgehead atoms. The van der Waals surface area contributed by atoms with Gasteiger partial charge in [0, 0.05) is 54.6 Å². The number of nitrogens with zero attached hydrogens (tertiary/aromatic N) is 14.